The Morgan fingerprint density at radius 2 is 2.21 bits per heavy atom. The van der Waals surface area contributed by atoms with Crippen LogP contribution in [-0.2, 0) is 11.2 Å². The van der Waals surface area contributed by atoms with Crippen LogP contribution in [0.4, 0.5) is 0 Å². The first-order valence-electron chi connectivity index (χ1n) is 6.86. The summed E-state index contributed by atoms with van der Waals surface area (Å²) in [7, 11) is 0. The van der Waals surface area contributed by atoms with Crippen LogP contribution in [0.2, 0.25) is 0 Å². The van der Waals surface area contributed by atoms with Crippen molar-refractivity contribution in [3.05, 3.63) is 35.4 Å². The van der Waals surface area contributed by atoms with Gasteiger partial charge in [0, 0.05) is 13.1 Å². The van der Waals surface area contributed by atoms with E-state index in [1.54, 1.807) is 0 Å². The second-order valence-electron chi connectivity index (χ2n) is 5.39. The minimum atomic E-state index is -0.497. The van der Waals surface area contributed by atoms with E-state index in [1.165, 1.54) is 5.56 Å². The number of hydrogen-bond donors (Lipinski definition) is 3. The highest BCUT2D eigenvalue weighted by Crippen LogP contribution is 2.22. The fourth-order valence-corrected chi connectivity index (χ4v) is 2.28. The van der Waals surface area contributed by atoms with Gasteiger partial charge in [-0.25, -0.2) is 0 Å². The molecule has 0 radical (unpaired) electrons. The van der Waals surface area contributed by atoms with E-state index in [1.807, 2.05) is 32.0 Å². The Balaban J connectivity index is 2.01. The zero-order chi connectivity index (χ0) is 13.8. The number of aliphatic hydroxyl groups is 1. The number of benzene rings is 1. The molecule has 0 bridgehead atoms. The molecule has 4 heteroatoms. The maximum atomic E-state index is 12.2. The number of carbonyl (C=O) groups excluding carboxylic acids is 1. The minimum absolute atomic E-state index is 0.0631. The molecule has 0 spiro atoms. The van der Waals surface area contributed by atoms with Crippen LogP contribution >= 0.6 is 0 Å². The Hall–Kier alpha value is -1.39. The maximum absolute atomic E-state index is 12.2. The first kappa shape index (κ1) is 14.0. The monoisotopic (exact) mass is 262 g/mol. The number of nitrogens with one attached hydrogen (secondary N) is 2. The lowest BCUT2D eigenvalue weighted by Gasteiger charge is -2.26. The molecule has 0 aliphatic carbocycles. The number of amides is 1. The van der Waals surface area contributed by atoms with Gasteiger partial charge >= 0.3 is 0 Å². The van der Waals surface area contributed by atoms with E-state index in [0.29, 0.717) is 6.54 Å². The molecular formula is C15H22N2O2. The first-order chi connectivity index (χ1) is 9.09. The third kappa shape index (κ3) is 3.33. The smallest absolute Gasteiger partial charge is 0.241 e. The van der Waals surface area contributed by atoms with Crippen molar-refractivity contribution in [1.82, 2.24) is 10.6 Å². The van der Waals surface area contributed by atoms with Crippen LogP contribution in [0.15, 0.2) is 24.3 Å². The molecule has 4 nitrogen and oxygen atoms in total. The Morgan fingerprint density at radius 1 is 1.47 bits per heavy atom. The van der Waals surface area contributed by atoms with Gasteiger partial charge in [-0.1, -0.05) is 38.1 Å². The molecular weight excluding hydrogens is 240 g/mol. The lowest BCUT2D eigenvalue weighted by atomic mass is 9.94. The molecule has 1 aliphatic heterocycles. The molecule has 0 aromatic heterocycles. The molecule has 1 aliphatic rings. The lowest BCUT2D eigenvalue weighted by molar-refractivity contribution is -0.124. The van der Waals surface area contributed by atoms with Crippen LogP contribution in [0.3, 0.4) is 0 Å². The molecule has 2 rings (SSSR count). The minimum Gasteiger partial charge on any atom is -0.391 e. The van der Waals surface area contributed by atoms with Crippen LogP contribution in [-0.4, -0.2) is 30.2 Å². The van der Waals surface area contributed by atoms with Gasteiger partial charge < -0.3 is 15.7 Å². The normalized spacial score (nSPS) is 19.9. The summed E-state index contributed by atoms with van der Waals surface area (Å²) in [5, 5.41) is 15.8. The Morgan fingerprint density at radius 3 is 2.95 bits per heavy atom. The van der Waals surface area contributed by atoms with E-state index < -0.39 is 6.10 Å². The largest absolute Gasteiger partial charge is 0.391 e. The van der Waals surface area contributed by atoms with E-state index in [4.69, 9.17) is 0 Å². The fraction of sp³-hybridized carbons (Fsp3) is 0.533. The number of rotatable bonds is 4. The van der Waals surface area contributed by atoms with Gasteiger partial charge in [0.1, 0.15) is 6.04 Å². The molecule has 2 atom stereocenters. The van der Waals surface area contributed by atoms with Gasteiger partial charge in [0.15, 0.2) is 0 Å². The van der Waals surface area contributed by atoms with E-state index in [-0.39, 0.29) is 17.9 Å². The van der Waals surface area contributed by atoms with E-state index in [0.717, 1.165) is 18.5 Å². The quantitative estimate of drug-likeness (QED) is 0.759. The summed E-state index contributed by atoms with van der Waals surface area (Å²) in [6.07, 6.45) is 0.456. The Kier molecular flexibility index (Phi) is 4.56. The molecule has 0 fully saturated rings. The van der Waals surface area contributed by atoms with Crippen molar-refractivity contribution in [3.8, 4) is 0 Å². The van der Waals surface area contributed by atoms with Crippen molar-refractivity contribution in [1.29, 1.82) is 0 Å². The van der Waals surface area contributed by atoms with Crippen molar-refractivity contribution >= 4 is 5.91 Å². The lowest BCUT2D eigenvalue weighted by Crippen LogP contribution is -2.44. The molecule has 19 heavy (non-hydrogen) atoms. The highest BCUT2D eigenvalue weighted by molar-refractivity contribution is 5.83. The Bertz CT molecular complexity index is 446. The zero-order valence-electron chi connectivity index (χ0n) is 11.5. The van der Waals surface area contributed by atoms with Crippen molar-refractivity contribution in [3.63, 3.8) is 0 Å². The average molecular weight is 262 g/mol. The van der Waals surface area contributed by atoms with Gasteiger partial charge in [-0.3, -0.25) is 4.79 Å². The number of carbonyl (C=O) groups is 1. The summed E-state index contributed by atoms with van der Waals surface area (Å²) in [6, 6.07) is 7.71. The third-order valence-corrected chi connectivity index (χ3v) is 3.63. The molecule has 3 N–H and O–H groups in total. The van der Waals surface area contributed by atoms with Gasteiger partial charge in [-0.2, -0.15) is 0 Å². The summed E-state index contributed by atoms with van der Waals surface area (Å²) in [4.78, 5) is 12.2. The van der Waals surface area contributed by atoms with E-state index >= 15 is 0 Å². The standard InChI is InChI=1S/C15H22N2O2/c1-10(2)13(18)9-17-15(19)14-12-6-4-3-5-11(12)7-8-16-14/h3-6,10,13-14,16,18H,7-9H2,1-2H3,(H,17,19). The summed E-state index contributed by atoms with van der Waals surface area (Å²) >= 11 is 0. The van der Waals surface area contributed by atoms with Gasteiger partial charge in [-0.05, 0) is 23.5 Å². The molecule has 1 aromatic rings. The molecule has 2 unspecified atom stereocenters. The maximum Gasteiger partial charge on any atom is 0.241 e. The van der Waals surface area contributed by atoms with Gasteiger partial charge in [0.05, 0.1) is 6.10 Å². The summed E-state index contributed by atoms with van der Waals surface area (Å²) in [6.45, 7) is 4.98. The van der Waals surface area contributed by atoms with E-state index in [2.05, 4.69) is 16.7 Å². The number of aliphatic hydroxyl groups excluding tert-OH is 1. The molecule has 1 amide bonds. The summed E-state index contributed by atoms with van der Waals surface area (Å²) in [5.41, 5.74) is 2.27. The zero-order valence-corrected chi connectivity index (χ0v) is 11.5. The van der Waals surface area contributed by atoms with Crippen LogP contribution in [0.5, 0.6) is 0 Å². The van der Waals surface area contributed by atoms with Crippen molar-refractivity contribution < 1.29 is 9.90 Å². The molecule has 104 valence electrons. The third-order valence-electron chi connectivity index (χ3n) is 3.63. The highest BCUT2D eigenvalue weighted by atomic mass is 16.3. The van der Waals surface area contributed by atoms with Crippen LogP contribution in [0.25, 0.3) is 0 Å². The molecule has 0 saturated carbocycles. The predicted molar refractivity (Wildman–Crippen MR) is 74.7 cm³/mol. The van der Waals surface area contributed by atoms with Crippen LogP contribution in [0.1, 0.15) is 31.0 Å². The van der Waals surface area contributed by atoms with Gasteiger partial charge in [0.2, 0.25) is 5.91 Å². The molecule has 0 saturated heterocycles. The van der Waals surface area contributed by atoms with Gasteiger partial charge in [0.25, 0.3) is 0 Å². The predicted octanol–water partition coefficient (Wildman–Crippen LogP) is 1.01. The van der Waals surface area contributed by atoms with Crippen molar-refractivity contribution in [2.24, 2.45) is 5.92 Å². The second kappa shape index (κ2) is 6.17. The summed E-state index contributed by atoms with van der Waals surface area (Å²) in [5.74, 6) is 0.0822. The van der Waals surface area contributed by atoms with Crippen molar-refractivity contribution in [2.45, 2.75) is 32.4 Å². The van der Waals surface area contributed by atoms with E-state index in [9.17, 15) is 9.90 Å². The van der Waals surface area contributed by atoms with Crippen LogP contribution in [0, 0.1) is 5.92 Å². The number of hydrogen-bond acceptors (Lipinski definition) is 3. The summed E-state index contributed by atoms with van der Waals surface area (Å²) < 4.78 is 0. The molecule has 1 heterocycles. The average Bonchev–Trinajstić information content (AvgIpc) is 2.43. The van der Waals surface area contributed by atoms with Gasteiger partial charge in [-0.15, -0.1) is 0 Å². The highest BCUT2D eigenvalue weighted by Gasteiger charge is 2.25. The molecule has 1 aromatic carbocycles. The SMILES string of the molecule is CC(C)C(O)CNC(=O)C1NCCc2ccccc21. The second-order valence-corrected chi connectivity index (χ2v) is 5.39. The first-order valence-corrected chi connectivity index (χ1v) is 6.86. The van der Waals surface area contributed by atoms with Crippen LogP contribution < -0.4 is 10.6 Å². The Labute approximate surface area is 114 Å². The van der Waals surface area contributed by atoms with Crippen molar-refractivity contribution in [2.75, 3.05) is 13.1 Å². The fourth-order valence-electron chi connectivity index (χ4n) is 2.28. The topological polar surface area (TPSA) is 61.4 Å². The number of fused-ring (bicyclic) bond motifs is 1.